The molecule has 2 aromatic carbocycles. The van der Waals surface area contributed by atoms with Crippen molar-refractivity contribution in [3.8, 4) is 5.75 Å². The highest BCUT2D eigenvalue weighted by Crippen LogP contribution is 2.28. The molecular weight excluding hydrogens is 408 g/mol. The lowest BCUT2D eigenvalue weighted by molar-refractivity contribution is -0.274. The van der Waals surface area contributed by atoms with Crippen LogP contribution in [0.5, 0.6) is 5.75 Å². The largest absolute Gasteiger partial charge is 0.573 e. The number of nitrogens with zero attached hydrogens (tertiary/aromatic N) is 3. The summed E-state index contributed by atoms with van der Waals surface area (Å²) in [5, 5.41) is 10.4. The third kappa shape index (κ3) is 4.40. The van der Waals surface area contributed by atoms with Crippen LogP contribution in [0.3, 0.4) is 0 Å². The summed E-state index contributed by atoms with van der Waals surface area (Å²) < 4.78 is 60.8. The number of hydrogen-bond acceptors (Lipinski definition) is 5. The molecule has 0 unspecified atom stereocenters. The van der Waals surface area contributed by atoms with Gasteiger partial charge < -0.3 is 14.8 Å². The Labute approximate surface area is 167 Å². The van der Waals surface area contributed by atoms with E-state index in [4.69, 9.17) is 4.74 Å². The molecule has 1 aliphatic heterocycles. The molecule has 4 rings (SSSR count). The van der Waals surface area contributed by atoms with Crippen LogP contribution >= 0.6 is 0 Å². The first-order valence-corrected chi connectivity index (χ1v) is 8.75. The molecule has 0 bridgehead atoms. The number of fused-ring (bicyclic) bond motifs is 1. The summed E-state index contributed by atoms with van der Waals surface area (Å²) in [6.45, 7) is 0.362. The number of benzene rings is 2. The summed E-state index contributed by atoms with van der Waals surface area (Å²) in [6, 6.07) is 10.6. The van der Waals surface area contributed by atoms with Crippen LogP contribution in [0.15, 0.2) is 48.5 Å². The van der Waals surface area contributed by atoms with Crippen molar-refractivity contribution in [1.29, 1.82) is 0 Å². The summed E-state index contributed by atoms with van der Waals surface area (Å²) in [7, 11) is 0. The minimum absolute atomic E-state index is 0.0446. The van der Waals surface area contributed by atoms with Gasteiger partial charge in [0.15, 0.2) is 5.69 Å². The molecule has 1 N–H and O–H groups in total. The number of carbonyl (C=O) groups excluding carboxylic acids is 1. The average molecular weight is 422 g/mol. The van der Waals surface area contributed by atoms with Crippen molar-refractivity contribution < 1.29 is 31.8 Å². The Bertz CT molecular complexity index is 1050. The van der Waals surface area contributed by atoms with E-state index in [1.807, 2.05) is 0 Å². The molecule has 0 saturated heterocycles. The molecule has 30 heavy (non-hydrogen) atoms. The smallest absolute Gasteiger partial charge is 0.406 e. The number of ether oxygens (including phenoxy) is 2. The third-order valence-electron chi connectivity index (χ3n) is 4.40. The van der Waals surface area contributed by atoms with Crippen molar-refractivity contribution in [2.45, 2.75) is 25.6 Å². The molecule has 1 aromatic heterocycles. The summed E-state index contributed by atoms with van der Waals surface area (Å²) in [5.41, 5.74) is 1.54. The van der Waals surface area contributed by atoms with Gasteiger partial charge >= 0.3 is 6.36 Å². The highest BCUT2D eigenvalue weighted by Gasteiger charge is 2.31. The second-order valence-electron chi connectivity index (χ2n) is 6.44. The maximum absolute atomic E-state index is 13.1. The minimum Gasteiger partial charge on any atom is -0.406 e. The molecule has 0 radical (unpaired) electrons. The van der Waals surface area contributed by atoms with Gasteiger partial charge in [0.2, 0.25) is 0 Å². The lowest BCUT2D eigenvalue weighted by Gasteiger charge is -2.24. The highest BCUT2D eigenvalue weighted by molar-refractivity contribution is 6.03. The molecule has 3 aromatic rings. The lowest BCUT2D eigenvalue weighted by Crippen LogP contribution is -2.24. The summed E-state index contributed by atoms with van der Waals surface area (Å²) >= 11 is 0. The van der Waals surface area contributed by atoms with Crippen LogP contribution in [0, 0.1) is 5.82 Å². The van der Waals surface area contributed by atoms with Gasteiger partial charge in [0.05, 0.1) is 18.8 Å². The zero-order valence-electron chi connectivity index (χ0n) is 15.2. The van der Waals surface area contributed by atoms with E-state index in [0.29, 0.717) is 12.2 Å². The normalized spacial score (nSPS) is 16.1. The summed E-state index contributed by atoms with van der Waals surface area (Å²) in [6.07, 6.45) is -5.16. The van der Waals surface area contributed by atoms with Crippen molar-refractivity contribution in [1.82, 2.24) is 15.0 Å². The van der Waals surface area contributed by atoms with E-state index < -0.39 is 18.0 Å². The molecule has 0 aliphatic carbocycles. The fraction of sp³-hybridized carbons (Fsp3) is 0.211. The molecule has 0 saturated carbocycles. The molecule has 1 aliphatic rings. The van der Waals surface area contributed by atoms with Gasteiger partial charge in [-0.2, -0.15) is 0 Å². The van der Waals surface area contributed by atoms with Crippen LogP contribution in [0.2, 0.25) is 0 Å². The van der Waals surface area contributed by atoms with E-state index in [2.05, 4.69) is 20.4 Å². The molecule has 2 heterocycles. The Morgan fingerprint density at radius 2 is 1.83 bits per heavy atom. The number of carbonyl (C=O) groups is 1. The van der Waals surface area contributed by atoms with E-state index >= 15 is 0 Å². The average Bonchev–Trinajstić information content (AvgIpc) is 3.12. The lowest BCUT2D eigenvalue weighted by atomic mass is 10.1. The number of hydrogen-bond donors (Lipinski definition) is 1. The van der Waals surface area contributed by atoms with Crippen molar-refractivity contribution in [2.24, 2.45) is 0 Å². The number of aromatic nitrogens is 3. The molecule has 11 heteroatoms. The fourth-order valence-electron chi connectivity index (χ4n) is 3.00. The van der Waals surface area contributed by atoms with Crippen molar-refractivity contribution in [3.63, 3.8) is 0 Å². The van der Waals surface area contributed by atoms with Crippen LogP contribution in [0.25, 0.3) is 0 Å². The van der Waals surface area contributed by atoms with Crippen LogP contribution in [-0.4, -0.2) is 27.3 Å². The number of anilines is 1. The van der Waals surface area contributed by atoms with Crippen molar-refractivity contribution in [2.75, 3.05) is 5.32 Å². The Hall–Kier alpha value is -3.47. The SMILES string of the molecule is O=C(Nc1ccc(OC(F)(F)F)cc1)c1nnn2c1CO[C@@H](c1ccc(F)cc1)C2. The van der Waals surface area contributed by atoms with Gasteiger partial charge in [0.1, 0.15) is 17.7 Å². The predicted octanol–water partition coefficient (Wildman–Crippen LogP) is 3.84. The Morgan fingerprint density at radius 1 is 1.13 bits per heavy atom. The van der Waals surface area contributed by atoms with Crippen LogP contribution in [-0.2, 0) is 17.9 Å². The maximum Gasteiger partial charge on any atom is 0.573 e. The zero-order valence-corrected chi connectivity index (χ0v) is 15.2. The Balaban J connectivity index is 1.44. The standard InChI is InChI=1S/C19H14F4N4O3/c20-12-3-1-11(2-4-12)16-9-27-15(10-29-16)17(25-26-27)18(28)24-13-5-7-14(8-6-13)30-19(21,22)23/h1-8,16H,9-10H2,(H,24,28)/t16-/m1/s1. The second kappa shape index (κ2) is 7.75. The van der Waals surface area contributed by atoms with Crippen LogP contribution in [0.1, 0.15) is 27.8 Å². The Morgan fingerprint density at radius 3 is 2.50 bits per heavy atom. The van der Waals surface area contributed by atoms with Gasteiger partial charge in [-0.3, -0.25) is 4.79 Å². The van der Waals surface area contributed by atoms with Gasteiger partial charge in [-0.15, -0.1) is 18.3 Å². The monoisotopic (exact) mass is 422 g/mol. The van der Waals surface area contributed by atoms with E-state index in [-0.39, 0.29) is 29.9 Å². The van der Waals surface area contributed by atoms with Gasteiger partial charge in [0, 0.05) is 5.69 Å². The molecule has 156 valence electrons. The Kier molecular flexibility index (Phi) is 5.12. The highest BCUT2D eigenvalue weighted by atomic mass is 19.4. The molecule has 0 spiro atoms. The van der Waals surface area contributed by atoms with E-state index in [1.54, 1.807) is 12.1 Å². The predicted molar refractivity (Wildman–Crippen MR) is 95.0 cm³/mol. The molecule has 1 amide bonds. The fourth-order valence-corrected chi connectivity index (χ4v) is 3.00. The topological polar surface area (TPSA) is 78.3 Å². The molecule has 1 atom stereocenters. The summed E-state index contributed by atoms with van der Waals surface area (Å²) in [4.78, 5) is 12.5. The number of halogens is 4. The van der Waals surface area contributed by atoms with Crippen LogP contribution in [0.4, 0.5) is 23.2 Å². The first-order chi connectivity index (χ1) is 14.3. The minimum atomic E-state index is -4.79. The first kappa shape index (κ1) is 19.8. The van der Waals surface area contributed by atoms with E-state index in [1.165, 1.54) is 28.9 Å². The van der Waals surface area contributed by atoms with Crippen LogP contribution < -0.4 is 10.1 Å². The number of nitrogens with one attached hydrogen (secondary N) is 1. The third-order valence-corrected chi connectivity index (χ3v) is 4.40. The number of rotatable bonds is 4. The quantitative estimate of drug-likeness (QED) is 0.647. The number of alkyl halides is 3. The maximum atomic E-state index is 13.1. The van der Waals surface area contributed by atoms with E-state index in [0.717, 1.165) is 17.7 Å². The van der Waals surface area contributed by atoms with Crippen molar-refractivity contribution >= 4 is 11.6 Å². The second-order valence-corrected chi connectivity index (χ2v) is 6.44. The van der Waals surface area contributed by atoms with Gasteiger partial charge in [0.25, 0.3) is 5.91 Å². The van der Waals surface area contributed by atoms with E-state index in [9.17, 15) is 22.4 Å². The zero-order chi connectivity index (χ0) is 21.3. The van der Waals surface area contributed by atoms with Gasteiger partial charge in [-0.1, -0.05) is 17.3 Å². The molecule has 7 nitrogen and oxygen atoms in total. The van der Waals surface area contributed by atoms with Gasteiger partial charge in [-0.05, 0) is 42.0 Å². The summed E-state index contributed by atoms with van der Waals surface area (Å²) in [5.74, 6) is -1.33. The first-order valence-electron chi connectivity index (χ1n) is 8.75. The van der Waals surface area contributed by atoms with Crippen molar-refractivity contribution in [3.05, 3.63) is 71.3 Å². The van der Waals surface area contributed by atoms with Gasteiger partial charge in [-0.25, -0.2) is 9.07 Å². The molecule has 0 fully saturated rings. The number of amides is 1. The molecular formula is C19H14F4N4O3.